The fraction of sp³-hybridized carbons (Fsp3) is 0.214. The lowest BCUT2D eigenvalue weighted by Crippen LogP contribution is -2.23. The van der Waals surface area contributed by atoms with Gasteiger partial charge in [-0.2, -0.15) is 0 Å². The molecular weight excluding hydrogens is 212 g/mol. The first kappa shape index (κ1) is 11.5. The Morgan fingerprint density at radius 2 is 2.12 bits per heavy atom. The molecule has 1 aromatic heterocycles. The molecule has 17 heavy (non-hydrogen) atoms. The van der Waals surface area contributed by atoms with Gasteiger partial charge in [-0.25, -0.2) is 0 Å². The van der Waals surface area contributed by atoms with Crippen LogP contribution in [0.5, 0.6) is 0 Å². The van der Waals surface area contributed by atoms with Gasteiger partial charge >= 0.3 is 0 Å². The van der Waals surface area contributed by atoms with Crippen LogP contribution in [0.1, 0.15) is 27.0 Å². The molecular formula is C14H16N2O. The highest BCUT2D eigenvalue weighted by Crippen LogP contribution is 2.12. The molecule has 2 N–H and O–H groups in total. The minimum Gasteiger partial charge on any atom is -0.367 e. The van der Waals surface area contributed by atoms with Gasteiger partial charge in [0.25, 0.3) is 5.91 Å². The summed E-state index contributed by atoms with van der Waals surface area (Å²) in [5.41, 5.74) is 4.00. The van der Waals surface area contributed by atoms with E-state index in [0.717, 1.165) is 22.3 Å². The van der Waals surface area contributed by atoms with E-state index in [1.165, 1.54) is 0 Å². The maximum atomic E-state index is 12.0. The Morgan fingerprint density at radius 1 is 1.29 bits per heavy atom. The molecule has 0 aliphatic carbocycles. The highest BCUT2D eigenvalue weighted by molar-refractivity contribution is 5.95. The summed E-state index contributed by atoms with van der Waals surface area (Å²) in [6, 6.07) is 7.73. The minimum atomic E-state index is -0.0209. The fourth-order valence-corrected chi connectivity index (χ4v) is 1.74. The Balaban J connectivity index is 2.07. The number of aromatic nitrogens is 1. The molecule has 0 unspecified atom stereocenters. The van der Waals surface area contributed by atoms with Crippen molar-refractivity contribution in [2.24, 2.45) is 0 Å². The standard InChI is InChI=1S/C14H16N2O/c1-10-4-3-5-13(11(10)2)14(17)16-9-12-6-7-15-8-12/h3-8,15H,9H2,1-2H3,(H,16,17). The average molecular weight is 228 g/mol. The maximum absolute atomic E-state index is 12.0. The number of rotatable bonds is 3. The van der Waals surface area contributed by atoms with Crippen molar-refractivity contribution in [3.05, 3.63) is 58.9 Å². The Kier molecular flexibility index (Phi) is 3.28. The van der Waals surface area contributed by atoms with Crippen LogP contribution in [-0.2, 0) is 6.54 Å². The smallest absolute Gasteiger partial charge is 0.251 e. The van der Waals surface area contributed by atoms with Crippen LogP contribution < -0.4 is 5.32 Å². The zero-order valence-corrected chi connectivity index (χ0v) is 10.1. The van der Waals surface area contributed by atoms with Crippen molar-refractivity contribution in [3.63, 3.8) is 0 Å². The number of aryl methyl sites for hydroxylation is 1. The first-order valence-corrected chi connectivity index (χ1v) is 5.64. The summed E-state index contributed by atoms with van der Waals surface area (Å²) in [6.45, 7) is 4.54. The topological polar surface area (TPSA) is 44.9 Å². The fourth-order valence-electron chi connectivity index (χ4n) is 1.74. The van der Waals surface area contributed by atoms with Gasteiger partial charge < -0.3 is 10.3 Å². The molecule has 3 heteroatoms. The minimum absolute atomic E-state index is 0.0209. The molecule has 1 aromatic carbocycles. The third-order valence-corrected chi connectivity index (χ3v) is 2.96. The second-order valence-electron chi connectivity index (χ2n) is 4.15. The molecule has 0 radical (unpaired) electrons. The molecule has 0 spiro atoms. The van der Waals surface area contributed by atoms with Gasteiger partial charge in [-0.3, -0.25) is 4.79 Å². The summed E-state index contributed by atoms with van der Waals surface area (Å²) in [6.07, 6.45) is 3.72. The molecule has 88 valence electrons. The predicted octanol–water partition coefficient (Wildman–Crippen LogP) is 2.56. The summed E-state index contributed by atoms with van der Waals surface area (Å²) in [5.74, 6) is -0.0209. The third-order valence-electron chi connectivity index (χ3n) is 2.96. The van der Waals surface area contributed by atoms with E-state index in [0.29, 0.717) is 6.54 Å². The Morgan fingerprint density at radius 3 is 2.82 bits per heavy atom. The van der Waals surface area contributed by atoms with E-state index in [4.69, 9.17) is 0 Å². The predicted molar refractivity (Wildman–Crippen MR) is 67.9 cm³/mol. The number of H-pyrrole nitrogens is 1. The molecule has 3 nitrogen and oxygen atoms in total. The highest BCUT2D eigenvalue weighted by atomic mass is 16.1. The lowest BCUT2D eigenvalue weighted by molar-refractivity contribution is 0.0950. The number of carbonyl (C=O) groups is 1. The summed E-state index contributed by atoms with van der Waals surface area (Å²) in [7, 11) is 0. The summed E-state index contributed by atoms with van der Waals surface area (Å²) < 4.78 is 0. The molecule has 0 bridgehead atoms. The van der Waals surface area contributed by atoms with E-state index in [-0.39, 0.29) is 5.91 Å². The molecule has 2 rings (SSSR count). The van der Waals surface area contributed by atoms with Gasteiger partial charge in [-0.1, -0.05) is 12.1 Å². The molecule has 0 fully saturated rings. The Bertz CT molecular complexity index is 515. The zero-order valence-electron chi connectivity index (χ0n) is 10.1. The third kappa shape index (κ3) is 2.56. The second-order valence-corrected chi connectivity index (χ2v) is 4.15. The van der Waals surface area contributed by atoms with Gasteiger partial charge in [0.1, 0.15) is 0 Å². The highest BCUT2D eigenvalue weighted by Gasteiger charge is 2.09. The van der Waals surface area contributed by atoms with Crippen molar-refractivity contribution in [2.45, 2.75) is 20.4 Å². The number of benzene rings is 1. The second kappa shape index (κ2) is 4.87. The molecule has 0 atom stereocenters. The monoisotopic (exact) mass is 228 g/mol. The van der Waals surface area contributed by atoms with Crippen molar-refractivity contribution in [1.82, 2.24) is 10.3 Å². The van der Waals surface area contributed by atoms with Crippen LogP contribution in [0.25, 0.3) is 0 Å². The molecule has 0 aliphatic rings. The molecule has 1 heterocycles. The van der Waals surface area contributed by atoms with E-state index in [1.54, 1.807) is 0 Å². The van der Waals surface area contributed by atoms with Crippen LogP contribution in [0.15, 0.2) is 36.7 Å². The summed E-state index contributed by atoms with van der Waals surface area (Å²) in [5, 5.41) is 2.91. The van der Waals surface area contributed by atoms with Crippen LogP contribution in [0, 0.1) is 13.8 Å². The van der Waals surface area contributed by atoms with E-state index in [2.05, 4.69) is 10.3 Å². The van der Waals surface area contributed by atoms with Crippen molar-refractivity contribution in [2.75, 3.05) is 0 Å². The van der Waals surface area contributed by atoms with Crippen LogP contribution in [0.2, 0.25) is 0 Å². The van der Waals surface area contributed by atoms with Crippen molar-refractivity contribution >= 4 is 5.91 Å². The Hall–Kier alpha value is -2.03. The molecule has 1 amide bonds. The number of amides is 1. The van der Waals surface area contributed by atoms with E-state index in [9.17, 15) is 4.79 Å². The molecule has 0 aliphatic heterocycles. The lowest BCUT2D eigenvalue weighted by Gasteiger charge is -2.08. The van der Waals surface area contributed by atoms with Gasteiger partial charge in [-0.05, 0) is 42.7 Å². The van der Waals surface area contributed by atoms with Gasteiger partial charge in [0.15, 0.2) is 0 Å². The number of carbonyl (C=O) groups excluding carboxylic acids is 1. The first-order valence-electron chi connectivity index (χ1n) is 5.64. The van der Waals surface area contributed by atoms with Crippen molar-refractivity contribution in [3.8, 4) is 0 Å². The number of nitrogens with one attached hydrogen (secondary N) is 2. The number of hydrogen-bond donors (Lipinski definition) is 2. The normalized spacial score (nSPS) is 10.2. The largest absolute Gasteiger partial charge is 0.367 e. The van der Waals surface area contributed by atoms with Crippen LogP contribution in [-0.4, -0.2) is 10.9 Å². The van der Waals surface area contributed by atoms with Gasteiger partial charge in [0.05, 0.1) is 0 Å². The van der Waals surface area contributed by atoms with Gasteiger partial charge in [0.2, 0.25) is 0 Å². The van der Waals surface area contributed by atoms with E-state index >= 15 is 0 Å². The van der Waals surface area contributed by atoms with Crippen LogP contribution in [0.4, 0.5) is 0 Å². The first-order chi connectivity index (χ1) is 8.18. The van der Waals surface area contributed by atoms with Crippen molar-refractivity contribution < 1.29 is 4.79 Å². The number of aromatic amines is 1. The SMILES string of the molecule is Cc1cccc(C(=O)NCc2cc[nH]c2)c1C. The van der Waals surface area contributed by atoms with Gasteiger partial charge in [0, 0.05) is 24.5 Å². The van der Waals surface area contributed by atoms with Crippen LogP contribution >= 0.6 is 0 Å². The summed E-state index contributed by atoms with van der Waals surface area (Å²) >= 11 is 0. The number of hydrogen-bond acceptors (Lipinski definition) is 1. The van der Waals surface area contributed by atoms with E-state index < -0.39 is 0 Å². The van der Waals surface area contributed by atoms with Crippen molar-refractivity contribution in [1.29, 1.82) is 0 Å². The lowest BCUT2D eigenvalue weighted by atomic mass is 10.0. The van der Waals surface area contributed by atoms with Crippen LogP contribution in [0.3, 0.4) is 0 Å². The zero-order chi connectivity index (χ0) is 12.3. The quantitative estimate of drug-likeness (QED) is 0.833. The molecule has 0 saturated carbocycles. The Labute approximate surface area is 101 Å². The van der Waals surface area contributed by atoms with E-state index in [1.807, 2.05) is 50.5 Å². The molecule has 0 saturated heterocycles. The maximum Gasteiger partial charge on any atom is 0.251 e. The molecule has 2 aromatic rings. The average Bonchev–Trinajstić information content (AvgIpc) is 2.82. The summed E-state index contributed by atoms with van der Waals surface area (Å²) in [4.78, 5) is 15.0. The van der Waals surface area contributed by atoms with Gasteiger partial charge in [-0.15, -0.1) is 0 Å².